The first-order valence-electron chi connectivity index (χ1n) is 7.48. The largest absolute Gasteiger partial charge is 0.310 e. The Balaban J connectivity index is 1.85. The Kier molecular flexibility index (Phi) is 5.47. The van der Waals surface area contributed by atoms with Crippen molar-refractivity contribution in [2.45, 2.75) is 56.0 Å². The molecule has 0 amide bonds. The van der Waals surface area contributed by atoms with Crippen LogP contribution in [-0.2, 0) is 6.54 Å². The molecule has 0 aliphatic carbocycles. The normalized spacial score (nSPS) is 18.4. The maximum absolute atomic E-state index is 4.46. The molecule has 1 saturated heterocycles. The molecule has 3 nitrogen and oxygen atoms in total. The summed E-state index contributed by atoms with van der Waals surface area (Å²) in [4.78, 5) is 6.86. The Hall–Kier alpha value is -0.580. The van der Waals surface area contributed by atoms with Gasteiger partial charge in [-0.2, -0.15) is 0 Å². The SMILES string of the molecule is CN1CCC(NCc2ccnc(SC(C)(C)C)c2)CC1. The number of pyridine rings is 1. The first-order chi connectivity index (χ1) is 9.42. The summed E-state index contributed by atoms with van der Waals surface area (Å²) in [6.07, 6.45) is 4.44. The lowest BCUT2D eigenvalue weighted by Crippen LogP contribution is -2.40. The maximum Gasteiger partial charge on any atom is 0.0968 e. The second-order valence-corrected chi connectivity index (χ2v) is 8.52. The molecule has 1 aliphatic heterocycles. The van der Waals surface area contributed by atoms with Crippen molar-refractivity contribution in [1.82, 2.24) is 15.2 Å². The fourth-order valence-electron chi connectivity index (χ4n) is 2.40. The number of thioether (sulfide) groups is 1. The topological polar surface area (TPSA) is 28.2 Å². The first-order valence-corrected chi connectivity index (χ1v) is 8.30. The van der Waals surface area contributed by atoms with Gasteiger partial charge in [0.05, 0.1) is 5.03 Å². The lowest BCUT2D eigenvalue weighted by Gasteiger charge is -2.29. The number of nitrogens with zero attached hydrogens (tertiary/aromatic N) is 2. The molecular weight excluding hydrogens is 266 g/mol. The predicted molar refractivity (Wildman–Crippen MR) is 87.2 cm³/mol. The fourth-order valence-corrected chi connectivity index (χ4v) is 3.36. The van der Waals surface area contributed by atoms with Crippen molar-refractivity contribution in [2.24, 2.45) is 0 Å². The van der Waals surface area contributed by atoms with Gasteiger partial charge in [0.1, 0.15) is 0 Å². The third kappa shape index (κ3) is 5.43. The Morgan fingerprint density at radius 2 is 2.05 bits per heavy atom. The Morgan fingerprint density at radius 3 is 2.70 bits per heavy atom. The molecule has 0 bridgehead atoms. The van der Waals surface area contributed by atoms with E-state index in [0.717, 1.165) is 11.6 Å². The molecule has 1 fully saturated rings. The zero-order chi connectivity index (χ0) is 14.6. The van der Waals surface area contributed by atoms with Crippen LogP contribution >= 0.6 is 11.8 Å². The Bertz CT molecular complexity index is 420. The molecule has 1 aromatic heterocycles. The molecule has 0 unspecified atom stereocenters. The van der Waals surface area contributed by atoms with E-state index in [1.807, 2.05) is 18.0 Å². The van der Waals surface area contributed by atoms with Gasteiger partial charge in [0.15, 0.2) is 0 Å². The molecule has 1 N–H and O–H groups in total. The van der Waals surface area contributed by atoms with E-state index < -0.39 is 0 Å². The average Bonchev–Trinajstić information content (AvgIpc) is 2.36. The number of hydrogen-bond donors (Lipinski definition) is 1. The van der Waals surface area contributed by atoms with Gasteiger partial charge >= 0.3 is 0 Å². The number of rotatable bonds is 4. The molecule has 4 heteroatoms. The molecule has 0 saturated carbocycles. The minimum Gasteiger partial charge on any atom is -0.310 e. The van der Waals surface area contributed by atoms with E-state index in [2.05, 4.69) is 55.2 Å². The zero-order valence-electron chi connectivity index (χ0n) is 13.1. The van der Waals surface area contributed by atoms with Crippen LogP contribution in [0.15, 0.2) is 23.4 Å². The molecule has 0 atom stereocenters. The molecule has 2 rings (SSSR count). The van der Waals surface area contributed by atoms with Crippen LogP contribution in [0.25, 0.3) is 0 Å². The average molecular weight is 293 g/mol. The van der Waals surface area contributed by atoms with Crippen molar-refractivity contribution >= 4 is 11.8 Å². The lowest BCUT2D eigenvalue weighted by molar-refractivity contribution is 0.234. The van der Waals surface area contributed by atoms with E-state index in [4.69, 9.17) is 0 Å². The Morgan fingerprint density at radius 1 is 1.35 bits per heavy atom. The van der Waals surface area contributed by atoms with Gasteiger partial charge in [0.2, 0.25) is 0 Å². The van der Waals surface area contributed by atoms with Crippen LogP contribution < -0.4 is 5.32 Å². The van der Waals surface area contributed by atoms with Crippen molar-refractivity contribution in [2.75, 3.05) is 20.1 Å². The number of piperidine rings is 1. The second kappa shape index (κ2) is 6.92. The molecule has 1 aliphatic rings. The molecule has 0 spiro atoms. The molecule has 20 heavy (non-hydrogen) atoms. The van der Waals surface area contributed by atoms with Crippen LogP contribution in [0.4, 0.5) is 0 Å². The van der Waals surface area contributed by atoms with Crippen LogP contribution in [0.5, 0.6) is 0 Å². The first kappa shape index (κ1) is 15.8. The summed E-state index contributed by atoms with van der Waals surface area (Å²) in [5.41, 5.74) is 1.34. The standard InChI is InChI=1S/C16H27N3S/c1-16(2,3)20-15-11-13(5-8-17-15)12-18-14-6-9-19(4)10-7-14/h5,8,11,14,18H,6-7,9-10,12H2,1-4H3. The van der Waals surface area contributed by atoms with Gasteiger partial charge in [-0.3, -0.25) is 0 Å². The number of likely N-dealkylation sites (tertiary alicyclic amines) is 1. The highest BCUT2D eigenvalue weighted by Crippen LogP contribution is 2.30. The minimum atomic E-state index is 0.215. The maximum atomic E-state index is 4.46. The van der Waals surface area contributed by atoms with Crippen LogP contribution in [0.1, 0.15) is 39.2 Å². The zero-order valence-corrected chi connectivity index (χ0v) is 14.0. The van der Waals surface area contributed by atoms with Gasteiger partial charge in [-0.1, -0.05) is 20.8 Å². The van der Waals surface area contributed by atoms with Crippen molar-refractivity contribution in [3.8, 4) is 0 Å². The number of aromatic nitrogens is 1. The van der Waals surface area contributed by atoms with Crippen molar-refractivity contribution in [3.63, 3.8) is 0 Å². The van der Waals surface area contributed by atoms with Gasteiger partial charge in [-0.25, -0.2) is 4.98 Å². The Labute approximate surface area is 127 Å². The smallest absolute Gasteiger partial charge is 0.0968 e. The van der Waals surface area contributed by atoms with Gasteiger partial charge in [-0.15, -0.1) is 11.8 Å². The van der Waals surface area contributed by atoms with E-state index in [1.165, 1.54) is 31.5 Å². The van der Waals surface area contributed by atoms with Gasteiger partial charge in [0, 0.05) is 23.5 Å². The van der Waals surface area contributed by atoms with E-state index in [1.54, 1.807) is 0 Å². The van der Waals surface area contributed by atoms with E-state index >= 15 is 0 Å². The predicted octanol–water partition coefficient (Wildman–Crippen LogP) is 3.16. The third-order valence-corrected chi connectivity index (χ3v) is 4.57. The summed E-state index contributed by atoms with van der Waals surface area (Å²) in [6.45, 7) is 10.0. The van der Waals surface area contributed by atoms with Crippen molar-refractivity contribution < 1.29 is 0 Å². The van der Waals surface area contributed by atoms with E-state index in [-0.39, 0.29) is 4.75 Å². The van der Waals surface area contributed by atoms with Crippen LogP contribution in [0.3, 0.4) is 0 Å². The van der Waals surface area contributed by atoms with E-state index in [0.29, 0.717) is 6.04 Å². The number of hydrogen-bond acceptors (Lipinski definition) is 4. The van der Waals surface area contributed by atoms with Crippen molar-refractivity contribution in [3.05, 3.63) is 23.9 Å². The summed E-state index contributed by atoms with van der Waals surface area (Å²) in [5, 5.41) is 4.81. The fraction of sp³-hybridized carbons (Fsp3) is 0.688. The van der Waals surface area contributed by atoms with Crippen LogP contribution in [0, 0.1) is 0 Å². The highest BCUT2D eigenvalue weighted by atomic mass is 32.2. The van der Waals surface area contributed by atoms with Gasteiger partial charge in [0.25, 0.3) is 0 Å². The summed E-state index contributed by atoms with van der Waals surface area (Å²) >= 11 is 1.83. The van der Waals surface area contributed by atoms with E-state index in [9.17, 15) is 0 Å². The summed E-state index contributed by atoms with van der Waals surface area (Å²) in [6, 6.07) is 5.00. The summed E-state index contributed by atoms with van der Waals surface area (Å²) < 4.78 is 0.215. The summed E-state index contributed by atoms with van der Waals surface area (Å²) in [7, 11) is 2.20. The summed E-state index contributed by atoms with van der Waals surface area (Å²) in [5.74, 6) is 0. The third-order valence-electron chi connectivity index (χ3n) is 3.52. The van der Waals surface area contributed by atoms with Crippen LogP contribution in [-0.4, -0.2) is 40.8 Å². The minimum absolute atomic E-state index is 0.215. The van der Waals surface area contributed by atoms with Crippen LogP contribution in [0.2, 0.25) is 0 Å². The molecule has 112 valence electrons. The quantitative estimate of drug-likeness (QED) is 0.863. The molecule has 0 radical (unpaired) electrons. The second-order valence-electron chi connectivity index (χ2n) is 6.68. The van der Waals surface area contributed by atoms with Gasteiger partial charge in [-0.05, 0) is 50.7 Å². The highest BCUT2D eigenvalue weighted by Gasteiger charge is 2.16. The highest BCUT2D eigenvalue weighted by molar-refractivity contribution is 8.00. The molecule has 1 aromatic rings. The van der Waals surface area contributed by atoms with Crippen molar-refractivity contribution in [1.29, 1.82) is 0 Å². The molecule has 0 aromatic carbocycles. The van der Waals surface area contributed by atoms with Gasteiger partial charge < -0.3 is 10.2 Å². The molecular formula is C16H27N3S. The monoisotopic (exact) mass is 293 g/mol. The number of nitrogens with one attached hydrogen (secondary N) is 1. The lowest BCUT2D eigenvalue weighted by atomic mass is 10.1. The molecule has 2 heterocycles.